The molecule has 0 spiro atoms. The predicted molar refractivity (Wildman–Crippen MR) is 106 cm³/mol. The first-order chi connectivity index (χ1) is 13.4. The highest BCUT2D eigenvalue weighted by Gasteiger charge is 2.15. The second kappa shape index (κ2) is 10.1. The molecule has 0 aliphatic carbocycles. The minimum Gasteiger partial charge on any atom is -0.494 e. The Hall–Kier alpha value is -3.35. The Bertz CT molecular complexity index is 833. The van der Waals surface area contributed by atoms with Crippen molar-refractivity contribution in [2.45, 2.75) is 32.7 Å². The van der Waals surface area contributed by atoms with E-state index in [1.807, 2.05) is 31.2 Å². The SMILES string of the molecule is CCCOc1cccc(CC(=O)Nc2ccc(C(=O)NC(C)C(=O)O)cc2)c1. The monoisotopic (exact) mass is 384 g/mol. The number of aliphatic carboxylic acids is 1. The minimum atomic E-state index is -1.11. The van der Waals surface area contributed by atoms with Crippen LogP contribution in [0.25, 0.3) is 0 Å². The number of rotatable bonds is 9. The number of hydrogen-bond donors (Lipinski definition) is 3. The number of amides is 2. The second-order valence-corrected chi connectivity index (χ2v) is 6.33. The first-order valence-electron chi connectivity index (χ1n) is 9.04. The number of anilines is 1. The third-order valence-corrected chi connectivity index (χ3v) is 3.88. The lowest BCUT2D eigenvalue weighted by atomic mass is 10.1. The third kappa shape index (κ3) is 6.42. The Balaban J connectivity index is 1.92. The second-order valence-electron chi connectivity index (χ2n) is 6.33. The van der Waals surface area contributed by atoms with Gasteiger partial charge in [0.1, 0.15) is 11.8 Å². The van der Waals surface area contributed by atoms with E-state index < -0.39 is 17.9 Å². The summed E-state index contributed by atoms with van der Waals surface area (Å²) >= 11 is 0. The smallest absolute Gasteiger partial charge is 0.325 e. The number of carbonyl (C=O) groups excluding carboxylic acids is 2. The quantitative estimate of drug-likeness (QED) is 0.617. The summed E-state index contributed by atoms with van der Waals surface area (Å²) in [5.41, 5.74) is 1.70. The van der Waals surface area contributed by atoms with Crippen molar-refractivity contribution in [3.63, 3.8) is 0 Å². The van der Waals surface area contributed by atoms with Crippen LogP contribution in [0, 0.1) is 0 Å². The lowest BCUT2D eigenvalue weighted by Gasteiger charge is -2.10. The zero-order chi connectivity index (χ0) is 20.5. The van der Waals surface area contributed by atoms with Crippen LogP contribution in [-0.2, 0) is 16.0 Å². The van der Waals surface area contributed by atoms with Gasteiger partial charge in [-0.15, -0.1) is 0 Å². The largest absolute Gasteiger partial charge is 0.494 e. The van der Waals surface area contributed by atoms with Gasteiger partial charge in [-0.1, -0.05) is 19.1 Å². The molecule has 148 valence electrons. The fourth-order valence-corrected chi connectivity index (χ4v) is 2.40. The van der Waals surface area contributed by atoms with Crippen LogP contribution in [-0.4, -0.2) is 35.5 Å². The predicted octanol–water partition coefficient (Wildman–Crippen LogP) is 2.86. The van der Waals surface area contributed by atoms with Crippen LogP contribution >= 0.6 is 0 Å². The highest BCUT2D eigenvalue weighted by Crippen LogP contribution is 2.15. The Kier molecular flexibility index (Phi) is 7.56. The average molecular weight is 384 g/mol. The van der Waals surface area contributed by atoms with Gasteiger partial charge in [-0.05, 0) is 55.3 Å². The van der Waals surface area contributed by atoms with Gasteiger partial charge in [0.25, 0.3) is 5.91 Å². The standard InChI is InChI=1S/C21H24N2O5/c1-3-11-28-18-6-4-5-15(12-18)13-19(24)23-17-9-7-16(8-10-17)20(25)22-14(2)21(26)27/h4-10,12,14H,3,11,13H2,1-2H3,(H,22,25)(H,23,24)(H,26,27). The van der Waals surface area contributed by atoms with E-state index in [0.717, 1.165) is 17.7 Å². The molecule has 0 saturated carbocycles. The lowest BCUT2D eigenvalue weighted by molar-refractivity contribution is -0.138. The molecule has 28 heavy (non-hydrogen) atoms. The fraction of sp³-hybridized carbons (Fsp3) is 0.286. The number of ether oxygens (including phenoxy) is 1. The van der Waals surface area contributed by atoms with Crippen molar-refractivity contribution in [2.24, 2.45) is 0 Å². The summed E-state index contributed by atoms with van der Waals surface area (Å²) in [4.78, 5) is 35.0. The molecule has 3 N–H and O–H groups in total. The summed E-state index contributed by atoms with van der Waals surface area (Å²) in [6.45, 7) is 4.04. The molecular formula is C21H24N2O5. The normalized spacial score (nSPS) is 11.4. The van der Waals surface area contributed by atoms with E-state index in [0.29, 0.717) is 17.9 Å². The average Bonchev–Trinajstić information content (AvgIpc) is 2.67. The first-order valence-corrected chi connectivity index (χ1v) is 9.04. The highest BCUT2D eigenvalue weighted by molar-refractivity contribution is 5.97. The molecule has 2 amide bonds. The van der Waals surface area contributed by atoms with E-state index in [2.05, 4.69) is 10.6 Å². The molecular weight excluding hydrogens is 360 g/mol. The van der Waals surface area contributed by atoms with Crippen LogP contribution in [0.4, 0.5) is 5.69 Å². The molecule has 0 fully saturated rings. The Morgan fingerprint density at radius 3 is 2.46 bits per heavy atom. The van der Waals surface area contributed by atoms with Crippen LogP contribution in [0.5, 0.6) is 5.75 Å². The molecule has 0 heterocycles. The molecule has 0 radical (unpaired) electrons. The summed E-state index contributed by atoms with van der Waals surface area (Å²) in [6, 6.07) is 12.7. The van der Waals surface area contributed by atoms with Crippen LogP contribution in [0.1, 0.15) is 36.2 Å². The van der Waals surface area contributed by atoms with Crippen LogP contribution in [0.3, 0.4) is 0 Å². The molecule has 0 aromatic heterocycles. The number of carbonyl (C=O) groups is 3. The molecule has 7 heteroatoms. The third-order valence-electron chi connectivity index (χ3n) is 3.88. The fourth-order valence-electron chi connectivity index (χ4n) is 2.40. The van der Waals surface area contributed by atoms with E-state index in [-0.39, 0.29) is 12.3 Å². The van der Waals surface area contributed by atoms with Gasteiger partial charge >= 0.3 is 5.97 Å². The molecule has 0 aliphatic rings. The zero-order valence-electron chi connectivity index (χ0n) is 15.9. The zero-order valence-corrected chi connectivity index (χ0v) is 15.9. The maximum absolute atomic E-state index is 12.2. The molecule has 7 nitrogen and oxygen atoms in total. The van der Waals surface area contributed by atoms with Gasteiger partial charge in [0.2, 0.25) is 5.91 Å². The van der Waals surface area contributed by atoms with Gasteiger partial charge in [0.15, 0.2) is 0 Å². The van der Waals surface area contributed by atoms with Gasteiger partial charge < -0.3 is 20.5 Å². The summed E-state index contributed by atoms with van der Waals surface area (Å²) in [7, 11) is 0. The van der Waals surface area contributed by atoms with E-state index in [1.165, 1.54) is 19.1 Å². The first kappa shape index (κ1) is 21.0. The maximum atomic E-state index is 12.2. The number of carboxylic acids is 1. The van der Waals surface area contributed by atoms with Crippen LogP contribution in [0.2, 0.25) is 0 Å². The van der Waals surface area contributed by atoms with Crippen molar-refractivity contribution < 1.29 is 24.2 Å². The molecule has 1 unspecified atom stereocenters. The number of benzene rings is 2. The minimum absolute atomic E-state index is 0.190. The Labute approximate surface area is 163 Å². The molecule has 2 aromatic carbocycles. The van der Waals surface area contributed by atoms with Crippen molar-refractivity contribution in [3.05, 3.63) is 59.7 Å². The van der Waals surface area contributed by atoms with E-state index >= 15 is 0 Å². The molecule has 1 atom stereocenters. The summed E-state index contributed by atoms with van der Waals surface area (Å²) < 4.78 is 5.57. The van der Waals surface area contributed by atoms with E-state index in [9.17, 15) is 14.4 Å². The van der Waals surface area contributed by atoms with Crippen LogP contribution < -0.4 is 15.4 Å². The molecule has 0 bridgehead atoms. The van der Waals surface area contributed by atoms with Crippen molar-refractivity contribution in [1.29, 1.82) is 0 Å². The van der Waals surface area contributed by atoms with Crippen molar-refractivity contribution in [2.75, 3.05) is 11.9 Å². The van der Waals surface area contributed by atoms with Gasteiger partial charge in [-0.3, -0.25) is 14.4 Å². The highest BCUT2D eigenvalue weighted by atomic mass is 16.5. The lowest BCUT2D eigenvalue weighted by Crippen LogP contribution is -2.38. The number of hydrogen-bond acceptors (Lipinski definition) is 4. The topological polar surface area (TPSA) is 105 Å². The number of carboxylic acid groups (broad SMARTS) is 1. The Morgan fingerprint density at radius 2 is 1.82 bits per heavy atom. The van der Waals surface area contributed by atoms with Crippen molar-refractivity contribution in [3.8, 4) is 5.75 Å². The summed E-state index contributed by atoms with van der Waals surface area (Å²) in [6.07, 6.45) is 1.11. The van der Waals surface area contributed by atoms with Crippen molar-refractivity contribution in [1.82, 2.24) is 5.32 Å². The van der Waals surface area contributed by atoms with E-state index in [1.54, 1.807) is 12.1 Å². The maximum Gasteiger partial charge on any atom is 0.325 e. The molecule has 0 aliphatic heterocycles. The summed E-state index contributed by atoms with van der Waals surface area (Å²) in [5.74, 6) is -1.06. The van der Waals surface area contributed by atoms with Gasteiger partial charge in [0, 0.05) is 11.3 Å². The molecule has 2 aromatic rings. The van der Waals surface area contributed by atoms with E-state index in [4.69, 9.17) is 9.84 Å². The molecule has 2 rings (SSSR count). The summed E-state index contributed by atoms with van der Waals surface area (Å²) in [5, 5.41) is 14.0. The van der Waals surface area contributed by atoms with Gasteiger partial charge in [0.05, 0.1) is 13.0 Å². The van der Waals surface area contributed by atoms with Gasteiger partial charge in [-0.2, -0.15) is 0 Å². The van der Waals surface area contributed by atoms with Crippen LogP contribution in [0.15, 0.2) is 48.5 Å². The van der Waals surface area contributed by atoms with Crippen molar-refractivity contribution >= 4 is 23.5 Å². The van der Waals surface area contributed by atoms with Gasteiger partial charge in [-0.25, -0.2) is 0 Å². The Morgan fingerprint density at radius 1 is 1.11 bits per heavy atom. The molecule has 0 saturated heterocycles. The number of nitrogens with one attached hydrogen (secondary N) is 2.